The van der Waals surface area contributed by atoms with Crippen LogP contribution in [0.5, 0.6) is 0 Å². The summed E-state index contributed by atoms with van der Waals surface area (Å²) in [6.45, 7) is 4.36. The van der Waals surface area contributed by atoms with E-state index in [9.17, 15) is 4.79 Å². The lowest BCUT2D eigenvalue weighted by atomic mass is 10.2. The maximum Gasteiger partial charge on any atom is 0.273 e. The Labute approximate surface area is 140 Å². The number of carbonyl (C=O) groups excluding carboxylic acids is 1. The summed E-state index contributed by atoms with van der Waals surface area (Å²) in [7, 11) is 1.85. The van der Waals surface area contributed by atoms with Crippen LogP contribution in [-0.4, -0.2) is 45.5 Å². The first-order valence-electron chi connectivity index (χ1n) is 7.83. The van der Waals surface area contributed by atoms with E-state index in [4.69, 9.17) is 0 Å². The average molecular weight is 324 g/mol. The lowest BCUT2D eigenvalue weighted by Gasteiger charge is -2.10. The van der Waals surface area contributed by atoms with E-state index in [0.29, 0.717) is 17.9 Å². The second-order valence-electron chi connectivity index (χ2n) is 5.72. The van der Waals surface area contributed by atoms with Gasteiger partial charge in [0.1, 0.15) is 0 Å². The quantitative estimate of drug-likeness (QED) is 0.742. The molecule has 0 aliphatic heterocycles. The van der Waals surface area contributed by atoms with Gasteiger partial charge < -0.3 is 10.6 Å². The SMILES string of the molecule is CNC(C)CNC(=O)c1nnn(-c2ccc3ncccc3c2)c1C. The van der Waals surface area contributed by atoms with Gasteiger partial charge in [-0.2, -0.15) is 0 Å². The van der Waals surface area contributed by atoms with Gasteiger partial charge in [0.25, 0.3) is 5.91 Å². The molecule has 0 fully saturated rings. The molecule has 2 N–H and O–H groups in total. The zero-order chi connectivity index (χ0) is 17.1. The van der Waals surface area contributed by atoms with Crippen molar-refractivity contribution in [2.45, 2.75) is 19.9 Å². The third-order valence-electron chi connectivity index (χ3n) is 4.00. The number of carbonyl (C=O) groups is 1. The van der Waals surface area contributed by atoms with Gasteiger partial charge in [-0.3, -0.25) is 9.78 Å². The summed E-state index contributed by atoms with van der Waals surface area (Å²) in [5.41, 5.74) is 2.80. The van der Waals surface area contributed by atoms with Crippen LogP contribution in [-0.2, 0) is 0 Å². The summed E-state index contributed by atoms with van der Waals surface area (Å²) >= 11 is 0. The van der Waals surface area contributed by atoms with Gasteiger partial charge >= 0.3 is 0 Å². The molecular formula is C17H20N6O. The van der Waals surface area contributed by atoms with Gasteiger partial charge in [-0.1, -0.05) is 11.3 Å². The van der Waals surface area contributed by atoms with Crippen LogP contribution in [0.15, 0.2) is 36.5 Å². The lowest BCUT2D eigenvalue weighted by molar-refractivity contribution is 0.0945. The fourth-order valence-corrected chi connectivity index (χ4v) is 2.41. The van der Waals surface area contributed by atoms with Gasteiger partial charge in [-0.15, -0.1) is 5.10 Å². The number of nitrogens with zero attached hydrogens (tertiary/aromatic N) is 4. The van der Waals surface area contributed by atoms with E-state index in [1.165, 1.54) is 0 Å². The number of rotatable bonds is 5. The van der Waals surface area contributed by atoms with Crippen LogP contribution in [0.4, 0.5) is 0 Å². The Morgan fingerprint density at radius 1 is 1.33 bits per heavy atom. The molecule has 24 heavy (non-hydrogen) atoms. The summed E-state index contributed by atoms with van der Waals surface area (Å²) < 4.78 is 1.67. The maximum absolute atomic E-state index is 12.3. The Kier molecular flexibility index (Phi) is 4.52. The number of hydrogen-bond acceptors (Lipinski definition) is 5. The molecule has 0 radical (unpaired) electrons. The number of nitrogens with one attached hydrogen (secondary N) is 2. The van der Waals surface area contributed by atoms with E-state index in [1.807, 2.05) is 51.2 Å². The van der Waals surface area contributed by atoms with E-state index in [-0.39, 0.29) is 11.9 Å². The van der Waals surface area contributed by atoms with Crippen molar-refractivity contribution in [3.63, 3.8) is 0 Å². The zero-order valence-electron chi connectivity index (χ0n) is 13.9. The number of likely N-dealkylation sites (N-methyl/N-ethyl adjacent to an activating group) is 1. The minimum absolute atomic E-state index is 0.192. The summed E-state index contributed by atoms with van der Waals surface area (Å²) in [4.78, 5) is 16.6. The van der Waals surface area contributed by atoms with Gasteiger partial charge in [-0.25, -0.2) is 4.68 Å². The van der Waals surface area contributed by atoms with Gasteiger partial charge in [0.2, 0.25) is 0 Å². The van der Waals surface area contributed by atoms with Crippen LogP contribution >= 0.6 is 0 Å². The van der Waals surface area contributed by atoms with Gasteiger partial charge in [0, 0.05) is 24.2 Å². The largest absolute Gasteiger partial charge is 0.349 e. The highest BCUT2D eigenvalue weighted by atomic mass is 16.2. The maximum atomic E-state index is 12.3. The van der Waals surface area contributed by atoms with E-state index in [2.05, 4.69) is 25.9 Å². The van der Waals surface area contributed by atoms with Gasteiger partial charge in [0.05, 0.1) is 16.9 Å². The summed E-state index contributed by atoms with van der Waals surface area (Å²) in [6.07, 6.45) is 1.76. The normalized spacial score (nSPS) is 12.3. The molecule has 3 rings (SSSR count). The highest BCUT2D eigenvalue weighted by Gasteiger charge is 2.17. The molecule has 0 saturated heterocycles. The molecular weight excluding hydrogens is 304 g/mol. The first kappa shape index (κ1) is 16.1. The van der Waals surface area contributed by atoms with Crippen molar-refractivity contribution in [1.82, 2.24) is 30.6 Å². The number of hydrogen-bond donors (Lipinski definition) is 2. The molecule has 1 amide bonds. The van der Waals surface area contributed by atoms with Crippen molar-refractivity contribution in [2.75, 3.05) is 13.6 Å². The third kappa shape index (κ3) is 3.11. The second-order valence-corrected chi connectivity index (χ2v) is 5.72. The van der Waals surface area contributed by atoms with Crippen LogP contribution in [0, 0.1) is 6.92 Å². The van der Waals surface area contributed by atoms with Crippen molar-refractivity contribution in [3.8, 4) is 5.69 Å². The fourth-order valence-electron chi connectivity index (χ4n) is 2.41. The molecule has 124 valence electrons. The minimum Gasteiger partial charge on any atom is -0.349 e. The van der Waals surface area contributed by atoms with Crippen molar-refractivity contribution in [3.05, 3.63) is 47.9 Å². The molecule has 0 aliphatic rings. The molecule has 1 atom stereocenters. The number of benzene rings is 1. The molecule has 1 aromatic carbocycles. The van der Waals surface area contributed by atoms with Crippen LogP contribution in [0.3, 0.4) is 0 Å². The third-order valence-corrected chi connectivity index (χ3v) is 4.00. The summed E-state index contributed by atoms with van der Waals surface area (Å²) in [5.74, 6) is -0.219. The molecule has 0 saturated carbocycles. The fraction of sp³-hybridized carbons (Fsp3) is 0.294. The summed E-state index contributed by atoms with van der Waals surface area (Å²) in [6, 6.07) is 9.90. The minimum atomic E-state index is -0.219. The highest BCUT2D eigenvalue weighted by molar-refractivity contribution is 5.93. The van der Waals surface area contributed by atoms with Crippen molar-refractivity contribution in [2.24, 2.45) is 0 Å². The number of amides is 1. The molecule has 0 aliphatic carbocycles. The molecule has 3 aromatic rings. The van der Waals surface area contributed by atoms with Crippen molar-refractivity contribution < 1.29 is 4.79 Å². The standard InChI is InChI=1S/C17H20N6O/c1-11(18-3)10-20-17(24)16-12(2)23(22-21-16)14-6-7-15-13(9-14)5-4-8-19-15/h4-9,11,18H,10H2,1-3H3,(H,20,24). The van der Waals surface area contributed by atoms with E-state index >= 15 is 0 Å². The Morgan fingerprint density at radius 2 is 2.17 bits per heavy atom. The molecule has 0 spiro atoms. The van der Waals surface area contributed by atoms with Gasteiger partial charge in [0.15, 0.2) is 5.69 Å². The molecule has 0 bridgehead atoms. The topological polar surface area (TPSA) is 84.7 Å². The van der Waals surface area contributed by atoms with Crippen molar-refractivity contribution in [1.29, 1.82) is 0 Å². The second kappa shape index (κ2) is 6.76. The van der Waals surface area contributed by atoms with E-state index < -0.39 is 0 Å². The number of aromatic nitrogens is 4. The molecule has 2 aromatic heterocycles. The first-order chi connectivity index (χ1) is 11.6. The Bertz CT molecular complexity index is 872. The molecule has 7 heteroatoms. The number of pyridine rings is 1. The van der Waals surface area contributed by atoms with Crippen LogP contribution < -0.4 is 10.6 Å². The monoisotopic (exact) mass is 324 g/mol. The van der Waals surface area contributed by atoms with E-state index in [0.717, 1.165) is 16.6 Å². The highest BCUT2D eigenvalue weighted by Crippen LogP contribution is 2.18. The van der Waals surface area contributed by atoms with Crippen LogP contribution in [0.25, 0.3) is 16.6 Å². The number of fused-ring (bicyclic) bond motifs is 1. The summed E-state index contributed by atoms with van der Waals surface area (Å²) in [5, 5.41) is 15.1. The molecule has 1 unspecified atom stereocenters. The molecule has 7 nitrogen and oxygen atoms in total. The van der Waals surface area contributed by atoms with E-state index in [1.54, 1.807) is 10.9 Å². The smallest absolute Gasteiger partial charge is 0.273 e. The predicted molar refractivity (Wildman–Crippen MR) is 92.3 cm³/mol. The Morgan fingerprint density at radius 3 is 2.96 bits per heavy atom. The lowest BCUT2D eigenvalue weighted by Crippen LogP contribution is -2.37. The average Bonchev–Trinajstić information content (AvgIpc) is 3.00. The Hall–Kier alpha value is -2.80. The van der Waals surface area contributed by atoms with Crippen LogP contribution in [0.1, 0.15) is 23.1 Å². The predicted octanol–water partition coefficient (Wildman–Crippen LogP) is 1.46. The first-order valence-corrected chi connectivity index (χ1v) is 7.83. The van der Waals surface area contributed by atoms with Crippen LogP contribution in [0.2, 0.25) is 0 Å². The Balaban J connectivity index is 1.87. The zero-order valence-corrected chi connectivity index (χ0v) is 13.9. The molecule has 2 heterocycles. The van der Waals surface area contributed by atoms with Crippen molar-refractivity contribution >= 4 is 16.8 Å². The van der Waals surface area contributed by atoms with Gasteiger partial charge in [-0.05, 0) is 45.2 Å².